The second-order valence-corrected chi connectivity index (χ2v) is 12.1. The van der Waals surface area contributed by atoms with E-state index in [9.17, 15) is 0 Å². The highest BCUT2D eigenvalue weighted by Crippen LogP contribution is 2.48. The van der Waals surface area contributed by atoms with Crippen LogP contribution in [0.15, 0.2) is 198 Å². The summed E-state index contributed by atoms with van der Waals surface area (Å²) in [5, 5.41) is 4.62. The van der Waals surface area contributed by atoms with Gasteiger partial charge >= 0.3 is 0 Å². The fourth-order valence-corrected chi connectivity index (χ4v) is 7.16. The molecule has 0 saturated carbocycles. The van der Waals surface area contributed by atoms with Crippen LogP contribution >= 0.6 is 0 Å². The molecule has 0 aliphatic rings. The molecule has 0 saturated heterocycles. The third kappa shape index (κ3) is 4.94. The van der Waals surface area contributed by atoms with Gasteiger partial charge in [0.1, 0.15) is 11.2 Å². The molecule has 0 atom stereocenters. The number of hydrogen-bond acceptors (Lipinski definition) is 1. The van der Waals surface area contributed by atoms with E-state index in [1.807, 2.05) is 72.8 Å². The molecule has 0 aliphatic heterocycles. The molecule has 1 heteroatoms. The first-order valence-corrected chi connectivity index (χ1v) is 16.3. The molecule has 0 aliphatic carbocycles. The number of hydrogen-bond donors (Lipinski definition) is 0. The Kier molecular flexibility index (Phi) is 4.19. The molecule has 1 aromatic heterocycles. The normalized spacial score (nSPS) is 15.6. The van der Waals surface area contributed by atoms with E-state index in [1.54, 1.807) is 24.3 Å². The largest absolute Gasteiger partial charge is 0.456 e. The maximum atomic E-state index is 8.92. The summed E-state index contributed by atoms with van der Waals surface area (Å²) in [6, 6.07) is 24.1. The Hall–Kier alpha value is -6.70. The van der Waals surface area contributed by atoms with Gasteiger partial charge in [-0.1, -0.05) is 157 Å². The van der Waals surface area contributed by atoms with Gasteiger partial charge in [-0.05, 0) is 114 Å². The highest BCUT2D eigenvalue weighted by atomic mass is 16.3. The lowest BCUT2D eigenvalue weighted by Gasteiger charge is -2.19. The summed E-state index contributed by atoms with van der Waals surface area (Å²) in [5.74, 6) is 0. The zero-order valence-electron chi connectivity index (χ0n) is 41.7. The number of fused-ring (bicyclic) bond motifs is 5. The lowest BCUT2D eigenvalue weighted by molar-refractivity contribution is 0.669. The number of rotatable bonds is 5. The smallest absolute Gasteiger partial charge is 0.136 e. The molecule has 0 amide bonds. The predicted molar refractivity (Wildman–Crippen MR) is 216 cm³/mol. The first-order valence-electron chi connectivity index (χ1n) is 23.8. The van der Waals surface area contributed by atoms with Gasteiger partial charge in [-0.15, -0.1) is 0 Å². The van der Waals surface area contributed by atoms with E-state index < -0.39 is 78.6 Å². The zero-order chi connectivity index (χ0) is 46.8. The Morgan fingerprint density at radius 1 is 0.333 bits per heavy atom. The van der Waals surface area contributed by atoms with Gasteiger partial charge in [0.25, 0.3) is 0 Å². The van der Waals surface area contributed by atoms with Gasteiger partial charge in [0.05, 0.1) is 20.6 Å². The van der Waals surface area contributed by atoms with Crippen molar-refractivity contribution in [2.24, 2.45) is 0 Å². The van der Waals surface area contributed by atoms with Crippen molar-refractivity contribution >= 4 is 43.5 Å². The summed E-state index contributed by atoms with van der Waals surface area (Å²) in [4.78, 5) is 0. The fraction of sp³-hybridized carbons (Fsp3) is 0. The number of benzene rings is 9. The van der Waals surface area contributed by atoms with E-state index in [0.29, 0.717) is 27.9 Å². The van der Waals surface area contributed by atoms with Crippen molar-refractivity contribution in [1.29, 1.82) is 0 Å². The van der Waals surface area contributed by atoms with E-state index in [1.165, 1.54) is 6.07 Å². The van der Waals surface area contributed by atoms with Crippen LogP contribution in [0.1, 0.15) is 20.6 Å². The molecule has 0 radical (unpaired) electrons. The second-order valence-electron chi connectivity index (χ2n) is 12.1. The van der Waals surface area contributed by atoms with Crippen molar-refractivity contribution in [2.75, 3.05) is 0 Å². The van der Waals surface area contributed by atoms with Crippen LogP contribution in [0.5, 0.6) is 0 Å². The van der Waals surface area contributed by atoms with Crippen LogP contribution in [-0.2, 0) is 0 Å². The molecular formula is C50H32O. The van der Waals surface area contributed by atoms with E-state index in [2.05, 4.69) is 0 Å². The van der Waals surface area contributed by atoms with Crippen LogP contribution in [0.25, 0.3) is 99.1 Å². The van der Waals surface area contributed by atoms with Crippen LogP contribution in [0.4, 0.5) is 0 Å². The van der Waals surface area contributed by atoms with Crippen LogP contribution in [0, 0.1) is 0 Å². The summed E-state index contributed by atoms with van der Waals surface area (Å²) in [7, 11) is 0. The highest BCUT2D eigenvalue weighted by molar-refractivity contribution is 6.25. The topological polar surface area (TPSA) is 13.1 Å². The fourth-order valence-electron chi connectivity index (χ4n) is 7.16. The van der Waals surface area contributed by atoms with E-state index in [-0.39, 0.29) is 39.9 Å². The Bertz CT molecular complexity index is 3550. The van der Waals surface area contributed by atoms with Gasteiger partial charge in [-0.25, -0.2) is 0 Å². The van der Waals surface area contributed by atoms with Crippen molar-refractivity contribution in [3.63, 3.8) is 0 Å². The molecular weight excluding hydrogens is 617 g/mol. The molecule has 9 aromatic carbocycles. The molecule has 10 rings (SSSR count). The molecule has 238 valence electrons. The summed E-state index contributed by atoms with van der Waals surface area (Å²) in [6.45, 7) is 0. The van der Waals surface area contributed by atoms with Crippen LogP contribution in [0.2, 0.25) is 0 Å². The SMILES string of the molecule is [2H]c1c([2H])c([2H])c(-c2cc(-c3c([2H])c([2H])c([2H])c([2H])c3[2H])cc(-c3c4ccccc4c(-c4cccc5oc6cc(-c7c([2H])c([2H])c([2H])c([2H])c7[2H])ccc6c45)c4ccccc34)c2)c([2H])c1[2H]. The molecule has 0 fully saturated rings. The monoisotopic (exact) mass is 663 g/mol. The minimum Gasteiger partial charge on any atom is -0.456 e. The molecule has 0 unspecified atom stereocenters. The van der Waals surface area contributed by atoms with Gasteiger partial charge in [0.2, 0.25) is 0 Å². The summed E-state index contributed by atoms with van der Waals surface area (Å²) in [5.41, 5.74) is 4.41. The molecule has 0 bridgehead atoms. The van der Waals surface area contributed by atoms with Gasteiger partial charge < -0.3 is 4.42 Å². The third-order valence-corrected chi connectivity index (χ3v) is 9.29. The van der Waals surface area contributed by atoms with Crippen molar-refractivity contribution in [3.05, 3.63) is 194 Å². The molecule has 10 aromatic rings. The van der Waals surface area contributed by atoms with Gasteiger partial charge in [0.15, 0.2) is 0 Å². The average molecular weight is 664 g/mol. The standard InChI is InChI=1S/C50H32O/c1-4-15-33(16-5-1)36-27-28-44-47(32-36)51-46-26-14-25-45(50(44)46)49-42-23-12-10-21-40(42)48(41-22-11-13-24-43(41)49)39-30-37(34-17-6-2-7-18-34)29-38(31-39)35-19-8-3-9-20-35/h1-32H/i1D,2D,3D,4D,5D,6D,7D,8D,9D,15D,16D,17D,18D,19D,20D. The van der Waals surface area contributed by atoms with Gasteiger partial charge in [0, 0.05) is 10.8 Å². The lowest BCUT2D eigenvalue weighted by atomic mass is 9.83. The van der Waals surface area contributed by atoms with Crippen molar-refractivity contribution in [2.45, 2.75) is 0 Å². The Labute approximate surface area is 317 Å². The average Bonchev–Trinajstić information content (AvgIpc) is 3.70. The minimum atomic E-state index is -0.571. The summed E-state index contributed by atoms with van der Waals surface area (Å²) in [6.07, 6.45) is 0. The number of furan rings is 1. The summed E-state index contributed by atoms with van der Waals surface area (Å²) < 4.78 is 134. The van der Waals surface area contributed by atoms with Crippen molar-refractivity contribution < 1.29 is 25.0 Å². The van der Waals surface area contributed by atoms with Crippen LogP contribution < -0.4 is 0 Å². The molecule has 1 nitrogen and oxygen atoms in total. The van der Waals surface area contributed by atoms with Crippen molar-refractivity contribution in [3.8, 4) is 55.6 Å². The van der Waals surface area contributed by atoms with Crippen LogP contribution in [-0.4, -0.2) is 0 Å². The quantitative estimate of drug-likeness (QED) is 0.167. The maximum Gasteiger partial charge on any atom is 0.136 e. The van der Waals surface area contributed by atoms with Crippen molar-refractivity contribution in [1.82, 2.24) is 0 Å². The second kappa shape index (κ2) is 12.0. The van der Waals surface area contributed by atoms with Gasteiger partial charge in [-0.2, -0.15) is 0 Å². The van der Waals surface area contributed by atoms with Gasteiger partial charge in [-0.3, -0.25) is 0 Å². The molecule has 1 heterocycles. The minimum absolute atomic E-state index is 0.0570. The first-order chi connectivity index (χ1) is 31.5. The van der Waals surface area contributed by atoms with E-state index in [4.69, 9.17) is 25.0 Å². The maximum absolute atomic E-state index is 8.92. The summed E-state index contributed by atoms with van der Waals surface area (Å²) >= 11 is 0. The molecule has 0 N–H and O–H groups in total. The Morgan fingerprint density at radius 3 is 1.37 bits per heavy atom. The highest BCUT2D eigenvalue weighted by Gasteiger charge is 2.21. The zero-order valence-corrected chi connectivity index (χ0v) is 26.7. The van der Waals surface area contributed by atoms with E-state index >= 15 is 0 Å². The predicted octanol–water partition coefficient (Wildman–Crippen LogP) is 14.2. The third-order valence-electron chi connectivity index (χ3n) is 9.29. The lowest BCUT2D eigenvalue weighted by Crippen LogP contribution is -1.92. The molecule has 51 heavy (non-hydrogen) atoms. The Morgan fingerprint density at radius 2 is 0.824 bits per heavy atom. The van der Waals surface area contributed by atoms with E-state index in [0.717, 1.165) is 43.4 Å². The Balaban J connectivity index is 1.28. The molecule has 0 spiro atoms. The van der Waals surface area contributed by atoms with Crippen LogP contribution in [0.3, 0.4) is 0 Å². The first kappa shape index (κ1) is 17.8.